The lowest BCUT2D eigenvalue weighted by Gasteiger charge is -2.18. The Labute approximate surface area is 154 Å². The van der Waals surface area contributed by atoms with E-state index in [2.05, 4.69) is 13.8 Å². The summed E-state index contributed by atoms with van der Waals surface area (Å²) in [7, 11) is 2.21. The van der Waals surface area contributed by atoms with Gasteiger partial charge in [-0.25, -0.2) is 0 Å². The minimum atomic E-state index is -1.38. The minimum Gasteiger partial charge on any atom is -0.400 e. The third-order valence-corrected chi connectivity index (χ3v) is 7.38. The van der Waals surface area contributed by atoms with Gasteiger partial charge in [0.1, 0.15) is 0 Å². The molecule has 0 aliphatic carbocycles. The fourth-order valence-corrected chi connectivity index (χ4v) is 5.16. The predicted molar refractivity (Wildman–Crippen MR) is 110 cm³/mol. The molecule has 0 fully saturated rings. The molecular weight excluding hydrogens is 312 g/mol. The second kappa shape index (κ2) is 19.5. The van der Waals surface area contributed by atoms with Gasteiger partial charge in [-0.15, -0.1) is 0 Å². The summed E-state index contributed by atoms with van der Waals surface area (Å²) in [6.07, 6.45) is 22.8. The van der Waals surface area contributed by atoms with Gasteiger partial charge in [0.05, 0.1) is 0 Å². The molecule has 0 N–H and O–H groups in total. The molecule has 0 spiro atoms. The normalized spacial score (nSPS) is 12.9. The highest BCUT2D eigenvalue weighted by Gasteiger charge is 2.18. The Hall–Kier alpha value is 0.137. The van der Waals surface area contributed by atoms with Crippen LogP contribution in [-0.2, 0) is 8.85 Å². The molecule has 0 aliphatic heterocycles. The fraction of sp³-hybridized carbons (Fsp3) is 1.00. The van der Waals surface area contributed by atoms with Crippen molar-refractivity contribution in [3.8, 4) is 0 Å². The van der Waals surface area contributed by atoms with E-state index in [9.17, 15) is 0 Å². The molecule has 24 heavy (non-hydrogen) atoms. The lowest BCUT2D eigenvalue weighted by atomic mass is 10.0. The molecule has 0 rings (SSSR count). The molecule has 1 unspecified atom stereocenters. The Morgan fingerprint density at radius 2 is 0.917 bits per heavy atom. The van der Waals surface area contributed by atoms with Crippen molar-refractivity contribution in [3.63, 3.8) is 0 Å². The van der Waals surface area contributed by atoms with Crippen LogP contribution in [0.3, 0.4) is 0 Å². The van der Waals surface area contributed by atoms with Gasteiger partial charge in [-0.05, 0) is 12.0 Å². The van der Waals surface area contributed by atoms with Crippen LogP contribution in [0, 0.1) is 0 Å². The van der Waals surface area contributed by atoms with Crippen molar-refractivity contribution in [2.24, 2.45) is 0 Å². The number of hydrogen-bond acceptors (Lipinski definition) is 2. The van der Waals surface area contributed by atoms with Crippen LogP contribution in [0.4, 0.5) is 0 Å². The highest BCUT2D eigenvalue weighted by molar-refractivity contribution is 6.46. The summed E-state index contributed by atoms with van der Waals surface area (Å²) in [5.74, 6) is 0. The maximum Gasteiger partial charge on any atom is 0.323 e. The van der Waals surface area contributed by atoms with Gasteiger partial charge < -0.3 is 8.85 Å². The average molecular weight is 359 g/mol. The number of unbranched alkanes of at least 4 members (excludes halogenated alkanes) is 14. The molecule has 0 radical (unpaired) electrons. The Kier molecular flexibility index (Phi) is 19.6. The molecule has 0 aromatic rings. The van der Waals surface area contributed by atoms with Gasteiger partial charge in [-0.1, -0.05) is 110 Å². The zero-order chi connectivity index (χ0) is 17.9. The van der Waals surface area contributed by atoms with Gasteiger partial charge in [-0.3, -0.25) is 0 Å². The fourth-order valence-electron chi connectivity index (χ4n) is 3.53. The second-order valence-electron chi connectivity index (χ2n) is 7.56. The lowest BCUT2D eigenvalue weighted by molar-refractivity contribution is 0.264. The Balaban J connectivity index is 3.15. The molecule has 0 saturated carbocycles. The molecule has 1 atom stereocenters. The van der Waals surface area contributed by atoms with E-state index in [4.69, 9.17) is 8.85 Å². The Bertz CT molecular complexity index is 232. The third-order valence-electron chi connectivity index (χ3n) is 5.19. The maximum atomic E-state index is 5.45. The number of hydrogen-bond donors (Lipinski definition) is 0. The van der Waals surface area contributed by atoms with Crippen molar-refractivity contribution in [2.75, 3.05) is 14.2 Å². The van der Waals surface area contributed by atoms with Crippen LogP contribution in [0.25, 0.3) is 0 Å². The van der Waals surface area contributed by atoms with Crippen LogP contribution in [0.2, 0.25) is 5.54 Å². The molecule has 0 heterocycles. The molecule has 0 aliphatic rings. The van der Waals surface area contributed by atoms with Crippen molar-refractivity contribution >= 4 is 9.28 Å². The summed E-state index contributed by atoms with van der Waals surface area (Å²) in [4.78, 5) is 0. The molecule has 2 nitrogen and oxygen atoms in total. The Morgan fingerprint density at radius 1 is 0.583 bits per heavy atom. The first kappa shape index (κ1) is 24.1. The van der Waals surface area contributed by atoms with Crippen LogP contribution >= 0.6 is 0 Å². The zero-order valence-corrected chi connectivity index (χ0v) is 18.4. The van der Waals surface area contributed by atoms with Crippen molar-refractivity contribution in [1.29, 1.82) is 0 Å². The first-order valence-electron chi connectivity index (χ1n) is 10.8. The van der Waals surface area contributed by atoms with Crippen molar-refractivity contribution < 1.29 is 8.85 Å². The first-order chi connectivity index (χ1) is 11.8. The van der Waals surface area contributed by atoms with Crippen LogP contribution in [0.15, 0.2) is 0 Å². The summed E-state index contributed by atoms with van der Waals surface area (Å²) in [5.41, 5.74) is 0.641. The standard InChI is InChI=1S/C21H46O2Si/c1-5-6-7-8-9-10-11-12-13-14-15-16-17-18-19-20-21(2)24(22-3)23-4/h21,24H,5-20H2,1-4H3. The summed E-state index contributed by atoms with van der Waals surface area (Å²) in [6, 6.07) is 0. The maximum absolute atomic E-state index is 5.45. The molecule has 0 aromatic carbocycles. The van der Waals surface area contributed by atoms with Gasteiger partial charge in [0.25, 0.3) is 0 Å². The van der Waals surface area contributed by atoms with Crippen LogP contribution < -0.4 is 0 Å². The van der Waals surface area contributed by atoms with Gasteiger partial charge in [0.15, 0.2) is 0 Å². The van der Waals surface area contributed by atoms with E-state index in [1.54, 1.807) is 14.2 Å². The quantitative estimate of drug-likeness (QED) is 0.180. The smallest absolute Gasteiger partial charge is 0.323 e. The molecule has 0 amide bonds. The topological polar surface area (TPSA) is 18.5 Å². The summed E-state index contributed by atoms with van der Waals surface area (Å²) in [6.45, 7) is 4.58. The summed E-state index contributed by atoms with van der Waals surface area (Å²) in [5, 5.41) is 0. The molecule has 0 saturated heterocycles. The molecule has 146 valence electrons. The van der Waals surface area contributed by atoms with E-state index in [0.717, 1.165) is 0 Å². The molecule has 0 aromatic heterocycles. The van der Waals surface area contributed by atoms with Crippen LogP contribution in [-0.4, -0.2) is 23.5 Å². The minimum absolute atomic E-state index is 0.641. The van der Waals surface area contributed by atoms with Gasteiger partial charge in [-0.2, -0.15) is 0 Å². The van der Waals surface area contributed by atoms with Crippen LogP contribution in [0.5, 0.6) is 0 Å². The first-order valence-corrected chi connectivity index (χ1v) is 12.4. The van der Waals surface area contributed by atoms with Gasteiger partial charge in [0.2, 0.25) is 0 Å². The van der Waals surface area contributed by atoms with Gasteiger partial charge >= 0.3 is 9.28 Å². The predicted octanol–water partition coefficient (Wildman–Crippen LogP) is 7.15. The highest BCUT2D eigenvalue weighted by atomic mass is 28.3. The molecule has 3 heteroatoms. The van der Waals surface area contributed by atoms with E-state index in [0.29, 0.717) is 5.54 Å². The lowest BCUT2D eigenvalue weighted by Crippen LogP contribution is -2.24. The highest BCUT2D eigenvalue weighted by Crippen LogP contribution is 2.20. The second-order valence-corrected chi connectivity index (χ2v) is 10.4. The largest absolute Gasteiger partial charge is 0.400 e. The Morgan fingerprint density at radius 3 is 1.25 bits per heavy atom. The van der Waals surface area contributed by atoms with E-state index in [1.165, 1.54) is 103 Å². The van der Waals surface area contributed by atoms with E-state index in [-0.39, 0.29) is 0 Å². The third kappa shape index (κ3) is 15.7. The van der Waals surface area contributed by atoms with Crippen molar-refractivity contribution in [3.05, 3.63) is 0 Å². The SMILES string of the molecule is CCCCCCCCCCCCCCCCCC(C)[SiH](OC)OC. The summed E-state index contributed by atoms with van der Waals surface area (Å²) < 4.78 is 10.9. The zero-order valence-electron chi connectivity index (χ0n) is 17.3. The van der Waals surface area contributed by atoms with Crippen molar-refractivity contribution in [2.45, 2.75) is 122 Å². The van der Waals surface area contributed by atoms with E-state index in [1.807, 2.05) is 0 Å². The van der Waals surface area contributed by atoms with E-state index < -0.39 is 9.28 Å². The van der Waals surface area contributed by atoms with Crippen LogP contribution in [0.1, 0.15) is 117 Å². The van der Waals surface area contributed by atoms with Crippen molar-refractivity contribution in [1.82, 2.24) is 0 Å². The summed E-state index contributed by atoms with van der Waals surface area (Å²) >= 11 is 0. The van der Waals surface area contributed by atoms with E-state index >= 15 is 0 Å². The monoisotopic (exact) mass is 358 g/mol. The van der Waals surface area contributed by atoms with Gasteiger partial charge in [0, 0.05) is 14.2 Å². The average Bonchev–Trinajstić information content (AvgIpc) is 2.59. The molecular formula is C21H46O2Si. The number of rotatable bonds is 19. The molecule has 0 bridgehead atoms.